The Morgan fingerprint density at radius 1 is 1.29 bits per heavy atom. The summed E-state index contributed by atoms with van der Waals surface area (Å²) < 4.78 is 0. The van der Waals surface area contributed by atoms with Gasteiger partial charge in [-0.05, 0) is 12.0 Å². The quantitative estimate of drug-likeness (QED) is 0.580. The van der Waals surface area contributed by atoms with Crippen LogP contribution in [0.3, 0.4) is 0 Å². The Balaban J connectivity index is 2.27. The highest BCUT2D eigenvalue weighted by molar-refractivity contribution is 5.86. The predicted octanol–water partition coefficient (Wildman–Crippen LogP) is -1.17. The third-order valence-electron chi connectivity index (χ3n) is 2.37. The van der Waals surface area contributed by atoms with Gasteiger partial charge in [0.05, 0.1) is 6.42 Å². The molecule has 17 heavy (non-hydrogen) atoms. The van der Waals surface area contributed by atoms with Crippen molar-refractivity contribution in [3.63, 3.8) is 0 Å². The molecule has 1 atom stereocenters. The number of carbonyl (C=O) groups excluding carboxylic acids is 2. The summed E-state index contributed by atoms with van der Waals surface area (Å²) >= 11 is 0. The molecular formula is C12H18N3O2+. The summed E-state index contributed by atoms with van der Waals surface area (Å²) in [6.07, 6.45) is 0.743. The normalized spacial score (nSPS) is 11.8. The number of nitrogens with two attached hydrogens (primary N) is 1. The predicted molar refractivity (Wildman–Crippen MR) is 63.6 cm³/mol. The van der Waals surface area contributed by atoms with Crippen molar-refractivity contribution in [3.05, 3.63) is 35.9 Å². The molecule has 0 aliphatic heterocycles. The van der Waals surface area contributed by atoms with E-state index in [1.165, 1.54) is 0 Å². The zero-order valence-corrected chi connectivity index (χ0v) is 9.69. The van der Waals surface area contributed by atoms with Gasteiger partial charge in [-0.2, -0.15) is 0 Å². The first kappa shape index (κ1) is 13.2. The molecule has 0 spiro atoms. The van der Waals surface area contributed by atoms with Gasteiger partial charge in [-0.1, -0.05) is 30.3 Å². The molecule has 0 saturated heterocycles. The Kier molecular flexibility index (Phi) is 5.16. The van der Waals surface area contributed by atoms with Crippen LogP contribution in [0.5, 0.6) is 0 Å². The number of rotatable bonds is 6. The van der Waals surface area contributed by atoms with Crippen LogP contribution in [0.15, 0.2) is 30.3 Å². The maximum Gasteiger partial charge on any atom is 0.278 e. The summed E-state index contributed by atoms with van der Waals surface area (Å²) in [5, 5.41) is 2.73. The van der Waals surface area contributed by atoms with Crippen molar-refractivity contribution < 1.29 is 15.3 Å². The summed E-state index contributed by atoms with van der Waals surface area (Å²) in [5.74, 6) is -0.747. The Morgan fingerprint density at radius 2 is 1.94 bits per heavy atom. The van der Waals surface area contributed by atoms with Crippen LogP contribution in [0.25, 0.3) is 0 Å². The largest absolute Gasteiger partial charge is 0.369 e. The van der Waals surface area contributed by atoms with Gasteiger partial charge in [0, 0.05) is 6.54 Å². The van der Waals surface area contributed by atoms with Gasteiger partial charge in [-0.3, -0.25) is 9.59 Å². The van der Waals surface area contributed by atoms with Crippen LogP contribution >= 0.6 is 0 Å². The fourth-order valence-corrected chi connectivity index (χ4v) is 1.45. The molecule has 0 heterocycles. The summed E-state index contributed by atoms with van der Waals surface area (Å²) in [5.41, 5.74) is 9.74. The van der Waals surface area contributed by atoms with E-state index in [0.717, 1.165) is 12.0 Å². The van der Waals surface area contributed by atoms with E-state index in [1.54, 1.807) is 0 Å². The Hall–Kier alpha value is -1.88. The van der Waals surface area contributed by atoms with Gasteiger partial charge in [-0.25, -0.2) is 0 Å². The van der Waals surface area contributed by atoms with E-state index in [9.17, 15) is 9.59 Å². The van der Waals surface area contributed by atoms with Crippen molar-refractivity contribution in [2.45, 2.75) is 18.9 Å². The molecule has 0 fully saturated rings. The first-order valence-corrected chi connectivity index (χ1v) is 5.52. The Labute approximate surface area is 100 Å². The lowest BCUT2D eigenvalue weighted by Crippen LogP contribution is -2.68. The van der Waals surface area contributed by atoms with Gasteiger partial charge in [-0.15, -0.1) is 0 Å². The van der Waals surface area contributed by atoms with E-state index in [1.807, 2.05) is 30.3 Å². The van der Waals surface area contributed by atoms with E-state index in [4.69, 9.17) is 5.73 Å². The third kappa shape index (κ3) is 5.12. The monoisotopic (exact) mass is 236 g/mol. The van der Waals surface area contributed by atoms with Crippen molar-refractivity contribution >= 4 is 11.8 Å². The zero-order chi connectivity index (χ0) is 12.7. The van der Waals surface area contributed by atoms with Crippen LogP contribution < -0.4 is 16.8 Å². The molecule has 5 heteroatoms. The molecule has 5 nitrogen and oxygen atoms in total. The number of nitrogens with one attached hydrogen (secondary N) is 1. The fourth-order valence-electron chi connectivity index (χ4n) is 1.45. The van der Waals surface area contributed by atoms with Gasteiger partial charge in [0.2, 0.25) is 5.91 Å². The van der Waals surface area contributed by atoms with Gasteiger partial charge in [0.25, 0.3) is 5.91 Å². The topological polar surface area (TPSA) is 99.8 Å². The molecule has 0 aliphatic carbocycles. The number of primary amides is 1. The maximum atomic E-state index is 11.5. The smallest absolute Gasteiger partial charge is 0.278 e. The van der Waals surface area contributed by atoms with Gasteiger partial charge in [0.15, 0.2) is 6.04 Å². The molecule has 0 bridgehead atoms. The van der Waals surface area contributed by atoms with Crippen molar-refractivity contribution in [2.75, 3.05) is 6.54 Å². The fraction of sp³-hybridized carbons (Fsp3) is 0.333. The minimum atomic E-state index is -0.608. The van der Waals surface area contributed by atoms with Crippen LogP contribution in [0, 0.1) is 0 Å². The standard InChI is InChI=1S/C12H17N3O2/c13-10(8-11(14)16)12(17)15-7-6-9-4-2-1-3-5-9/h1-5,10H,6-8,13H2,(H2,14,16)(H,15,17)/p+1/t10-/m1/s1. The first-order chi connectivity index (χ1) is 8.09. The van der Waals surface area contributed by atoms with E-state index < -0.39 is 11.9 Å². The minimum Gasteiger partial charge on any atom is -0.369 e. The maximum absolute atomic E-state index is 11.5. The molecular weight excluding hydrogens is 218 g/mol. The summed E-state index contributed by atoms with van der Waals surface area (Å²) in [6.45, 7) is 0.535. The molecule has 0 radical (unpaired) electrons. The highest BCUT2D eigenvalue weighted by Crippen LogP contribution is 1.98. The average Bonchev–Trinajstić information content (AvgIpc) is 2.29. The number of hydrogen-bond donors (Lipinski definition) is 3. The molecule has 0 aromatic heterocycles. The Morgan fingerprint density at radius 3 is 2.53 bits per heavy atom. The number of hydrogen-bond acceptors (Lipinski definition) is 2. The van der Waals surface area contributed by atoms with E-state index >= 15 is 0 Å². The number of carbonyl (C=O) groups is 2. The van der Waals surface area contributed by atoms with Crippen molar-refractivity contribution in [1.29, 1.82) is 0 Å². The summed E-state index contributed by atoms with van der Waals surface area (Å²) in [4.78, 5) is 22.1. The van der Waals surface area contributed by atoms with Crippen LogP contribution in [0.1, 0.15) is 12.0 Å². The highest BCUT2D eigenvalue weighted by atomic mass is 16.2. The van der Waals surface area contributed by atoms with E-state index in [0.29, 0.717) is 6.54 Å². The van der Waals surface area contributed by atoms with Gasteiger partial charge >= 0.3 is 0 Å². The second-order valence-electron chi connectivity index (χ2n) is 3.89. The zero-order valence-electron chi connectivity index (χ0n) is 9.69. The van der Waals surface area contributed by atoms with Crippen LogP contribution in [0.4, 0.5) is 0 Å². The molecule has 1 rings (SSSR count). The lowest BCUT2D eigenvalue weighted by molar-refractivity contribution is -0.402. The number of amides is 2. The lowest BCUT2D eigenvalue weighted by atomic mass is 10.1. The summed E-state index contributed by atoms with van der Waals surface area (Å²) in [7, 11) is 0. The highest BCUT2D eigenvalue weighted by Gasteiger charge is 2.18. The van der Waals surface area contributed by atoms with Gasteiger partial charge < -0.3 is 16.8 Å². The third-order valence-corrected chi connectivity index (χ3v) is 2.37. The minimum absolute atomic E-state index is 0.0167. The Bertz CT molecular complexity index is 379. The molecule has 0 saturated carbocycles. The molecule has 0 unspecified atom stereocenters. The van der Waals surface area contributed by atoms with Gasteiger partial charge in [0.1, 0.15) is 0 Å². The molecule has 1 aromatic rings. The second kappa shape index (κ2) is 6.65. The molecule has 2 amide bonds. The van der Waals surface area contributed by atoms with Crippen LogP contribution in [-0.2, 0) is 16.0 Å². The van der Waals surface area contributed by atoms with E-state index in [2.05, 4.69) is 11.1 Å². The molecule has 1 aromatic carbocycles. The van der Waals surface area contributed by atoms with E-state index in [-0.39, 0.29) is 12.3 Å². The second-order valence-corrected chi connectivity index (χ2v) is 3.89. The van der Waals surface area contributed by atoms with Crippen molar-refractivity contribution in [3.8, 4) is 0 Å². The molecule has 0 aliphatic rings. The number of benzene rings is 1. The first-order valence-electron chi connectivity index (χ1n) is 5.52. The summed E-state index contributed by atoms with van der Waals surface area (Å²) in [6, 6.07) is 9.24. The van der Waals surface area contributed by atoms with Crippen molar-refractivity contribution in [1.82, 2.24) is 5.32 Å². The molecule has 6 N–H and O–H groups in total. The lowest BCUT2D eigenvalue weighted by Gasteiger charge is -2.08. The van der Waals surface area contributed by atoms with Crippen molar-refractivity contribution in [2.24, 2.45) is 5.73 Å². The number of quaternary nitrogens is 1. The average molecular weight is 236 g/mol. The van der Waals surface area contributed by atoms with Crippen LogP contribution in [0.2, 0.25) is 0 Å². The SMILES string of the molecule is NC(=O)C[C@@H]([NH3+])C(=O)NCCc1ccccc1. The van der Waals surface area contributed by atoms with Crippen LogP contribution in [-0.4, -0.2) is 24.4 Å². The molecule has 92 valence electrons.